The summed E-state index contributed by atoms with van der Waals surface area (Å²) < 4.78 is 0. The molecule has 34 heavy (non-hydrogen) atoms. The van der Waals surface area contributed by atoms with Crippen LogP contribution in [0.25, 0.3) is 0 Å². The number of nitrogens with zero attached hydrogens (tertiary/aromatic N) is 4. The van der Waals surface area contributed by atoms with Gasteiger partial charge in [-0.1, -0.05) is 25.1 Å². The molecule has 1 aliphatic rings. The SMILES string of the molecule is CCN1CCc2ccc(Nc3ncc([N+](=O)[O-])c(Nc4ccccc4C(=O)NC)n3)cc2CC1. The van der Waals surface area contributed by atoms with Crippen LogP contribution in [0.3, 0.4) is 0 Å². The minimum Gasteiger partial charge on any atom is -0.355 e. The number of likely N-dealkylation sites (N-methyl/N-ethyl adjacent to an activating group) is 1. The Morgan fingerprint density at radius 3 is 2.62 bits per heavy atom. The molecule has 0 unspecified atom stereocenters. The molecule has 3 aromatic rings. The quantitative estimate of drug-likeness (QED) is 0.360. The molecule has 0 saturated carbocycles. The maximum absolute atomic E-state index is 12.2. The first kappa shape index (κ1) is 23.1. The van der Waals surface area contributed by atoms with Crippen LogP contribution in [-0.4, -0.2) is 52.4 Å². The van der Waals surface area contributed by atoms with Gasteiger partial charge in [0, 0.05) is 25.8 Å². The number of aromatic nitrogens is 2. The third-order valence-electron chi connectivity index (χ3n) is 5.92. The summed E-state index contributed by atoms with van der Waals surface area (Å²) in [6, 6.07) is 12.9. The van der Waals surface area contributed by atoms with Crippen molar-refractivity contribution in [1.29, 1.82) is 0 Å². The van der Waals surface area contributed by atoms with Gasteiger partial charge in [0.2, 0.25) is 11.8 Å². The summed E-state index contributed by atoms with van der Waals surface area (Å²) in [6.07, 6.45) is 3.13. The Balaban J connectivity index is 1.61. The number of anilines is 4. The molecule has 3 N–H and O–H groups in total. The Kier molecular flexibility index (Phi) is 6.98. The van der Waals surface area contributed by atoms with Crippen LogP contribution in [0, 0.1) is 10.1 Å². The number of benzene rings is 2. The zero-order valence-corrected chi connectivity index (χ0v) is 19.2. The summed E-state index contributed by atoms with van der Waals surface area (Å²) in [5.41, 5.74) is 3.88. The highest BCUT2D eigenvalue weighted by atomic mass is 16.6. The lowest BCUT2D eigenvalue weighted by molar-refractivity contribution is -0.384. The summed E-state index contributed by atoms with van der Waals surface area (Å²) in [5, 5.41) is 20.2. The van der Waals surface area contributed by atoms with Crippen molar-refractivity contribution in [3.63, 3.8) is 0 Å². The Hall–Kier alpha value is -4.05. The molecule has 0 bridgehead atoms. The van der Waals surface area contributed by atoms with Crippen molar-refractivity contribution in [1.82, 2.24) is 20.2 Å². The van der Waals surface area contributed by atoms with E-state index in [0.717, 1.165) is 44.4 Å². The van der Waals surface area contributed by atoms with Gasteiger partial charge in [-0.2, -0.15) is 4.98 Å². The molecular formula is C24H27N7O3. The summed E-state index contributed by atoms with van der Waals surface area (Å²) in [4.78, 5) is 34.1. The summed E-state index contributed by atoms with van der Waals surface area (Å²) >= 11 is 0. The van der Waals surface area contributed by atoms with E-state index in [1.807, 2.05) is 6.07 Å². The van der Waals surface area contributed by atoms with Gasteiger partial charge in [0.15, 0.2) is 0 Å². The molecule has 0 radical (unpaired) electrons. The number of hydrogen-bond acceptors (Lipinski definition) is 8. The van der Waals surface area contributed by atoms with Crippen LogP contribution < -0.4 is 16.0 Å². The van der Waals surface area contributed by atoms with E-state index in [1.54, 1.807) is 24.3 Å². The van der Waals surface area contributed by atoms with Gasteiger partial charge in [-0.25, -0.2) is 4.98 Å². The Morgan fingerprint density at radius 2 is 1.88 bits per heavy atom. The van der Waals surface area contributed by atoms with Gasteiger partial charge in [0.05, 0.1) is 16.2 Å². The summed E-state index contributed by atoms with van der Waals surface area (Å²) in [7, 11) is 1.52. The van der Waals surface area contributed by atoms with Crippen LogP contribution in [-0.2, 0) is 12.8 Å². The Labute approximate surface area is 197 Å². The lowest BCUT2D eigenvalue weighted by Gasteiger charge is -2.16. The van der Waals surface area contributed by atoms with E-state index in [2.05, 4.69) is 49.9 Å². The van der Waals surface area contributed by atoms with Crippen LogP contribution in [0.15, 0.2) is 48.7 Å². The van der Waals surface area contributed by atoms with Crippen LogP contribution >= 0.6 is 0 Å². The summed E-state index contributed by atoms with van der Waals surface area (Å²) in [5.74, 6) is -0.105. The fourth-order valence-corrected chi connectivity index (χ4v) is 4.01. The van der Waals surface area contributed by atoms with Crippen molar-refractivity contribution >= 4 is 34.7 Å². The second-order valence-electron chi connectivity index (χ2n) is 7.98. The van der Waals surface area contributed by atoms with Crippen LogP contribution in [0.5, 0.6) is 0 Å². The molecule has 0 aliphatic carbocycles. The van der Waals surface area contributed by atoms with Crippen molar-refractivity contribution in [2.75, 3.05) is 37.3 Å². The first-order chi connectivity index (χ1) is 16.5. The standard InChI is InChI=1S/C24H27N7O3/c1-3-30-12-10-16-8-9-18(14-17(16)11-13-30)27-24-26-15-21(31(33)34)22(29-24)28-20-7-5-4-6-19(20)23(32)25-2/h4-9,14-15H,3,10-13H2,1-2H3,(H,25,32)(H2,26,27,28,29). The minimum atomic E-state index is -0.559. The molecule has 0 spiro atoms. The molecule has 1 amide bonds. The number of carbonyl (C=O) groups excluding carboxylic acids is 1. The topological polar surface area (TPSA) is 125 Å². The molecule has 1 aromatic heterocycles. The van der Waals surface area contributed by atoms with E-state index in [9.17, 15) is 14.9 Å². The fraction of sp³-hybridized carbons (Fsp3) is 0.292. The Bertz CT molecular complexity index is 1210. The lowest BCUT2D eigenvalue weighted by Crippen LogP contribution is -2.25. The number of carbonyl (C=O) groups is 1. The third kappa shape index (κ3) is 5.12. The number of fused-ring (bicyclic) bond motifs is 1. The van der Waals surface area contributed by atoms with Gasteiger partial charge in [0.1, 0.15) is 6.20 Å². The average molecular weight is 462 g/mol. The summed E-state index contributed by atoms with van der Waals surface area (Å²) in [6.45, 7) is 5.27. The average Bonchev–Trinajstić information content (AvgIpc) is 3.06. The molecule has 0 atom stereocenters. The van der Waals surface area contributed by atoms with Crippen molar-refractivity contribution in [3.8, 4) is 0 Å². The van der Waals surface area contributed by atoms with Crippen LogP contribution in [0.1, 0.15) is 28.4 Å². The first-order valence-electron chi connectivity index (χ1n) is 11.2. The van der Waals surface area contributed by atoms with Crippen molar-refractivity contribution < 1.29 is 9.72 Å². The van der Waals surface area contributed by atoms with E-state index in [4.69, 9.17) is 0 Å². The van der Waals surface area contributed by atoms with Gasteiger partial charge < -0.3 is 20.9 Å². The largest absolute Gasteiger partial charge is 0.355 e. The number of amides is 1. The van der Waals surface area contributed by atoms with Crippen molar-refractivity contribution in [3.05, 3.63) is 75.5 Å². The van der Waals surface area contributed by atoms with Crippen LogP contribution in [0.4, 0.5) is 28.8 Å². The lowest BCUT2D eigenvalue weighted by atomic mass is 10.0. The fourth-order valence-electron chi connectivity index (χ4n) is 4.01. The van der Waals surface area contributed by atoms with Crippen LogP contribution in [0.2, 0.25) is 0 Å². The highest BCUT2D eigenvalue weighted by molar-refractivity contribution is 6.00. The second-order valence-corrected chi connectivity index (χ2v) is 7.98. The molecule has 0 fully saturated rings. The molecule has 10 nitrogen and oxygen atoms in total. The van der Waals surface area contributed by atoms with E-state index in [0.29, 0.717) is 11.3 Å². The minimum absolute atomic E-state index is 0.00722. The number of hydrogen-bond donors (Lipinski definition) is 3. The highest BCUT2D eigenvalue weighted by Crippen LogP contribution is 2.29. The van der Waals surface area contributed by atoms with Gasteiger partial charge in [-0.15, -0.1) is 0 Å². The van der Waals surface area contributed by atoms with E-state index in [-0.39, 0.29) is 23.4 Å². The van der Waals surface area contributed by atoms with E-state index < -0.39 is 4.92 Å². The number of nitro groups is 1. The monoisotopic (exact) mass is 461 g/mol. The molecule has 176 valence electrons. The van der Waals surface area contributed by atoms with Gasteiger partial charge in [0.25, 0.3) is 5.91 Å². The molecule has 0 saturated heterocycles. The maximum atomic E-state index is 12.2. The molecule has 10 heteroatoms. The number of rotatable bonds is 7. The molecular weight excluding hydrogens is 434 g/mol. The normalized spacial score (nSPS) is 13.5. The smallest absolute Gasteiger partial charge is 0.329 e. The Morgan fingerprint density at radius 1 is 1.12 bits per heavy atom. The second kappa shape index (κ2) is 10.3. The zero-order valence-electron chi connectivity index (χ0n) is 19.2. The number of nitrogens with one attached hydrogen (secondary N) is 3. The van der Waals surface area contributed by atoms with Gasteiger partial charge in [-0.3, -0.25) is 14.9 Å². The molecule has 2 aromatic carbocycles. The van der Waals surface area contributed by atoms with Gasteiger partial charge >= 0.3 is 5.69 Å². The molecule has 2 heterocycles. The predicted molar refractivity (Wildman–Crippen MR) is 131 cm³/mol. The van der Waals surface area contributed by atoms with E-state index >= 15 is 0 Å². The highest BCUT2D eigenvalue weighted by Gasteiger charge is 2.20. The van der Waals surface area contributed by atoms with Gasteiger partial charge in [-0.05, 0) is 54.8 Å². The zero-order chi connectivity index (χ0) is 24.1. The third-order valence-corrected chi connectivity index (χ3v) is 5.92. The first-order valence-corrected chi connectivity index (χ1v) is 11.2. The van der Waals surface area contributed by atoms with E-state index in [1.165, 1.54) is 18.2 Å². The maximum Gasteiger partial charge on any atom is 0.329 e. The number of para-hydroxylation sites is 1. The predicted octanol–water partition coefficient (Wildman–Crippen LogP) is 3.65. The van der Waals surface area contributed by atoms with Crippen molar-refractivity contribution in [2.45, 2.75) is 19.8 Å². The molecule has 4 rings (SSSR count). The molecule has 1 aliphatic heterocycles. The van der Waals surface area contributed by atoms with Crippen molar-refractivity contribution in [2.24, 2.45) is 0 Å².